The van der Waals surface area contributed by atoms with Crippen molar-refractivity contribution in [3.8, 4) is 0 Å². The van der Waals surface area contributed by atoms with E-state index in [9.17, 15) is 0 Å². The first-order valence-electron chi connectivity index (χ1n) is 7.19. The Kier molecular flexibility index (Phi) is 5.60. The van der Waals surface area contributed by atoms with E-state index in [0.29, 0.717) is 0 Å². The van der Waals surface area contributed by atoms with E-state index < -0.39 is 0 Å². The number of hydrogen-bond acceptors (Lipinski definition) is 2. The summed E-state index contributed by atoms with van der Waals surface area (Å²) < 4.78 is 3.41. The summed E-state index contributed by atoms with van der Waals surface area (Å²) in [6, 6.07) is 8.85. The highest BCUT2D eigenvalue weighted by Gasteiger charge is 2.20. The molecule has 0 saturated carbocycles. The van der Waals surface area contributed by atoms with Gasteiger partial charge in [0.1, 0.15) is 0 Å². The Morgan fingerprint density at radius 3 is 2.80 bits per heavy atom. The van der Waals surface area contributed by atoms with E-state index in [1.54, 1.807) is 0 Å². The summed E-state index contributed by atoms with van der Waals surface area (Å²) in [5.74, 6) is 0. The molecule has 1 heterocycles. The zero-order valence-corrected chi connectivity index (χ0v) is 14.5. The number of rotatable bonds is 6. The lowest BCUT2D eigenvalue weighted by atomic mass is 10.0. The quantitative estimate of drug-likeness (QED) is 0.767. The molecular weight excluding hydrogens is 361 g/mol. The van der Waals surface area contributed by atoms with Crippen LogP contribution in [0.4, 0.5) is 0 Å². The third-order valence-electron chi connectivity index (χ3n) is 3.48. The predicted molar refractivity (Wildman–Crippen MR) is 91.9 cm³/mol. The summed E-state index contributed by atoms with van der Waals surface area (Å²) in [6.07, 6.45) is 3.02. The van der Waals surface area contributed by atoms with Gasteiger partial charge in [0.15, 0.2) is 0 Å². The number of benzene rings is 1. The molecule has 0 bridgehead atoms. The van der Waals surface area contributed by atoms with Crippen molar-refractivity contribution in [2.45, 2.75) is 39.8 Å². The Hall–Kier alpha value is -0.880. The summed E-state index contributed by atoms with van der Waals surface area (Å²) in [6.45, 7) is 8.40. The minimum Gasteiger partial charge on any atom is -0.305 e. The maximum absolute atomic E-state index is 4.42. The molecule has 1 aromatic heterocycles. The van der Waals surface area contributed by atoms with Crippen LogP contribution in [0.1, 0.15) is 43.1 Å². The highest BCUT2D eigenvalue weighted by Crippen LogP contribution is 2.28. The van der Waals surface area contributed by atoms with E-state index in [1.165, 1.54) is 20.4 Å². The van der Waals surface area contributed by atoms with Gasteiger partial charge < -0.3 is 5.32 Å². The molecule has 1 N–H and O–H groups in total. The SMILES string of the molecule is CCCNC(c1cccc(C)c1I)c1ccnn1CC. The van der Waals surface area contributed by atoms with Crippen molar-refractivity contribution in [1.29, 1.82) is 0 Å². The lowest BCUT2D eigenvalue weighted by Gasteiger charge is -2.22. The lowest BCUT2D eigenvalue weighted by molar-refractivity contribution is 0.528. The smallest absolute Gasteiger partial charge is 0.0758 e. The predicted octanol–water partition coefficient (Wildman–Crippen LogP) is 3.91. The number of nitrogens with zero attached hydrogens (tertiary/aromatic N) is 2. The molecule has 0 aliphatic rings. The monoisotopic (exact) mass is 383 g/mol. The van der Waals surface area contributed by atoms with E-state index >= 15 is 0 Å². The van der Waals surface area contributed by atoms with Crippen LogP contribution in [0.2, 0.25) is 0 Å². The van der Waals surface area contributed by atoms with Crippen LogP contribution in [0.15, 0.2) is 30.5 Å². The van der Waals surface area contributed by atoms with E-state index in [4.69, 9.17) is 0 Å². The van der Waals surface area contributed by atoms with Crippen LogP contribution in [0, 0.1) is 10.5 Å². The van der Waals surface area contributed by atoms with Crippen molar-refractivity contribution in [1.82, 2.24) is 15.1 Å². The summed E-state index contributed by atoms with van der Waals surface area (Å²) >= 11 is 2.45. The summed E-state index contributed by atoms with van der Waals surface area (Å²) in [4.78, 5) is 0. The van der Waals surface area contributed by atoms with Crippen molar-refractivity contribution < 1.29 is 0 Å². The number of nitrogens with one attached hydrogen (secondary N) is 1. The molecule has 0 saturated heterocycles. The fraction of sp³-hybridized carbons (Fsp3) is 0.438. The Morgan fingerprint density at radius 2 is 2.10 bits per heavy atom. The Labute approximate surface area is 134 Å². The number of aryl methyl sites for hydroxylation is 2. The molecule has 20 heavy (non-hydrogen) atoms. The van der Waals surface area contributed by atoms with Gasteiger partial charge in [-0.05, 0) is 66.6 Å². The molecular formula is C16H22IN3. The van der Waals surface area contributed by atoms with Crippen LogP contribution in [-0.4, -0.2) is 16.3 Å². The van der Waals surface area contributed by atoms with Gasteiger partial charge in [-0.2, -0.15) is 5.10 Å². The standard InChI is InChI=1S/C16H22IN3/c1-4-10-18-16(14-9-11-19-20(14)5-2)13-8-6-7-12(3)15(13)17/h6-9,11,16,18H,4-5,10H2,1-3H3. The zero-order chi connectivity index (χ0) is 14.5. The second kappa shape index (κ2) is 7.22. The molecule has 2 rings (SSSR count). The molecule has 1 unspecified atom stereocenters. The van der Waals surface area contributed by atoms with Crippen LogP contribution in [0.5, 0.6) is 0 Å². The van der Waals surface area contributed by atoms with Gasteiger partial charge >= 0.3 is 0 Å². The molecule has 0 radical (unpaired) electrons. The fourth-order valence-corrected chi connectivity index (χ4v) is 3.08. The molecule has 0 spiro atoms. The average molecular weight is 383 g/mol. The van der Waals surface area contributed by atoms with Crippen LogP contribution in [-0.2, 0) is 6.54 Å². The van der Waals surface area contributed by atoms with Gasteiger partial charge in [0.25, 0.3) is 0 Å². The number of aromatic nitrogens is 2. The maximum atomic E-state index is 4.42. The average Bonchev–Trinajstić information content (AvgIpc) is 2.92. The minimum atomic E-state index is 0.212. The first kappa shape index (κ1) is 15.5. The van der Waals surface area contributed by atoms with Gasteiger partial charge in [-0.3, -0.25) is 4.68 Å². The first-order valence-corrected chi connectivity index (χ1v) is 8.27. The van der Waals surface area contributed by atoms with Crippen LogP contribution in [0.3, 0.4) is 0 Å². The summed E-state index contributed by atoms with van der Waals surface area (Å²) in [7, 11) is 0. The largest absolute Gasteiger partial charge is 0.305 e. The summed E-state index contributed by atoms with van der Waals surface area (Å²) in [5.41, 5.74) is 3.91. The van der Waals surface area contributed by atoms with E-state index in [1.807, 2.05) is 6.20 Å². The maximum Gasteiger partial charge on any atom is 0.0758 e. The molecule has 1 aromatic carbocycles. The topological polar surface area (TPSA) is 29.9 Å². The molecule has 0 aliphatic carbocycles. The second-order valence-electron chi connectivity index (χ2n) is 4.94. The van der Waals surface area contributed by atoms with Crippen molar-refractivity contribution in [2.24, 2.45) is 0 Å². The molecule has 4 heteroatoms. The van der Waals surface area contributed by atoms with Crippen LogP contribution >= 0.6 is 22.6 Å². The number of halogens is 1. The molecule has 0 fully saturated rings. The molecule has 0 aliphatic heterocycles. The minimum absolute atomic E-state index is 0.212. The van der Waals surface area contributed by atoms with Crippen molar-refractivity contribution in [3.63, 3.8) is 0 Å². The van der Waals surface area contributed by atoms with Gasteiger partial charge in [-0.1, -0.05) is 25.1 Å². The second-order valence-corrected chi connectivity index (χ2v) is 6.02. The van der Waals surface area contributed by atoms with E-state index in [0.717, 1.165) is 19.5 Å². The molecule has 1 atom stereocenters. The van der Waals surface area contributed by atoms with Crippen molar-refractivity contribution >= 4 is 22.6 Å². The first-order chi connectivity index (χ1) is 9.69. The van der Waals surface area contributed by atoms with E-state index in [-0.39, 0.29) is 6.04 Å². The van der Waals surface area contributed by atoms with Crippen molar-refractivity contribution in [2.75, 3.05) is 6.54 Å². The Balaban J connectivity index is 2.44. The normalized spacial score (nSPS) is 12.6. The highest BCUT2D eigenvalue weighted by molar-refractivity contribution is 14.1. The lowest BCUT2D eigenvalue weighted by Crippen LogP contribution is -2.26. The number of hydrogen-bond donors (Lipinski definition) is 1. The molecule has 2 aromatic rings. The molecule has 3 nitrogen and oxygen atoms in total. The fourth-order valence-electron chi connectivity index (χ4n) is 2.41. The van der Waals surface area contributed by atoms with Gasteiger partial charge in [-0.25, -0.2) is 0 Å². The molecule has 108 valence electrons. The third kappa shape index (κ3) is 3.23. The van der Waals surface area contributed by atoms with Gasteiger partial charge in [0.2, 0.25) is 0 Å². The van der Waals surface area contributed by atoms with Gasteiger partial charge in [0.05, 0.1) is 11.7 Å². The van der Waals surface area contributed by atoms with E-state index in [2.05, 4.69) is 82.7 Å². The van der Waals surface area contributed by atoms with Crippen LogP contribution in [0.25, 0.3) is 0 Å². The Morgan fingerprint density at radius 1 is 1.30 bits per heavy atom. The van der Waals surface area contributed by atoms with Crippen LogP contribution < -0.4 is 5.32 Å². The highest BCUT2D eigenvalue weighted by atomic mass is 127. The zero-order valence-electron chi connectivity index (χ0n) is 12.4. The third-order valence-corrected chi connectivity index (χ3v) is 4.95. The van der Waals surface area contributed by atoms with Crippen molar-refractivity contribution in [3.05, 3.63) is 50.9 Å². The summed E-state index contributed by atoms with van der Waals surface area (Å²) in [5, 5.41) is 8.08. The Bertz CT molecular complexity index is 563. The molecule has 0 amide bonds. The van der Waals surface area contributed by atoms with Gasteiger partial charge in [0, 0.05) is 16.3 Å². The van der Waals surface area contributed by atoms with Gasteiger partial charge in [-0.15, -0.1) is 0 Å².